The van der Waals surface area contributed by atoms with Crippen LogP contribution in [-0.4, -0.2) is 31.6 Å². The summed E-state index contributed by atoms with van der Waals surface area (Å²) in [5.74, 6) is 0. The van der Waals surface area contributed by atoms with Crippen LogP contribution in [-0.2, 0) is 5.41 Å². The van der Waals surface area contributed by atoms with Gasteiger partial charge in [-0.1, -0.05) is 17.7 Å². The third-order valence-electron chi connectivity index (χ3n) is 3.74. The summed E-state index contributed by atoms with van der Waals surface area (Å²) >= 11 is 0. The van der Waals surface area contributed by atoms with Crippen LogP contribution in [0.4, 0.5) is 0 Å². The van der Waals surface area contributed by atoms with Crippen molar-refractivity contribution < 1.29 is 0 Å². The average molecular weight is 218 g/mol. The molecule has 0 radical (unpaired) electrons. The van der Waals surface area contributed by atoms with Crippen molar-refractivity contribution in [2.45, 2.75) is 26.2 Å². The van der Waals surface area contributed by atoms with Crippen LogP contribution < -0.4 is 5.73 Å². The molecule has 16 heavy (non-hydrogen) atoms. The molecule has 1 heterocycles. The molecule has 1 aromatic carbocycles. The smallest absolute Gasteiger partial charge is 0.0334 e. The Kier molecular flexibility index (Phi) is 2.81. The lowest BCUT2D eigenvalue weighted by molar-refractivity contribution is 0.0990. The van der Waals surface area contributed by atoms with E-state index >= 15 is 0 Å². The molecule has 2 rings (SSSR count). The maximum atomic E-state index is 6.01. The summed E-state index contributed by atoms with van der Waals surface area (Å²) in [4.78, 5) is 2.34. The summed E-state index contributed by atoms with van der Waals surface area (Å²) in [5.41, 5.74) is 11.8. The highest BCUT2D eigenvalue weighted by Gasteiger charge is 2.43. The molecule has 1 aromatic rings. The molecule has 0 saturated carbocycles. The van der Waals surface area contributed by atoms with Crippen molar-refractivity contribution in [2.75, 3.05) is 26.7 Å². The van der Waals surface area contributed by atoms with Gasteiger partial charge in [0.25, 0.3) is 0 Å². The van der Waals surface area contributed by atoms with E-state index < -0.39 is 0 Å². The average Bonchev–Trinajstić information content (AvgIpc) is 2.12. The van der Waals surface area contributed by atoms with E-state index in [0.717, 1.165) is 19.6 Å². The Balaban J connectivity index is 2.47. The van der Waals surface area contributed by atoms with Gasteiger partial charge in [-0.05, 0) is 44.5 Å². The largest absolute Gasteiger partial charge is 0.329 e. The summed E-state index contributed by atoms with van der Waals surface area (Å²) in [6.45, 7) is 9.52. The molecule has 0 bridgehead atoms. The van der Waals surface area contributed by atoms with Crippen molar-refractivity contribution in [1.29, 1.82) is 0 Å². The second-order valence-corrected chi connectivity index (χ2v) is 5.43. The van der Waals surface area contributed by atoms with Crippen LogP contribution in [0.5, 0.6) is 0 Å². The van der Waals surface area contributed by atoms with Crippen LogP contribution in [0.2, 0.25) is 0 Å². The van der Waals surface area contributed by atoms with Crippen molar-refractivity contribution in [3.8, 4) is 0 Å². The highest BCUT2D eigenvalue weighted by atomic mass is 15.2. The lowest BCUT2D eigenvalue weighted by Gasteiger charge is -2.50. The highest BCUT2D eigenvalue weighted by Crippen LogP contribution is 2.37. The number of likely N-dealkylation sites (N-methyl/N-ethyl adjacent to an activating group) is 1. The van der Waals surface area contributed by atoms with Gasteiger partial charge in [0.15, 0.2) is 0 Å². The maximum absolute atomic E-state index is 6.01. The summed E-state index contributed by atoms with van der Waals surface area (Å²) in [7, 11) is 2.16. The monoisotopic (exact) mass is 218 g/mol. The molecule has 1 fully saturated rings. The Morgan fingerprint density at radius 2 is 1.69 bits per heavy atom. The fraction of sp³-hybridized carbons (Fsp3) is 0.571. The number of benzene rings is 1. The van der Waals surface area contributed by atoms with Gasteiger partial charge in [0, 0.05) is 25.0 Å². The van der Waals surface area contributed by atoms with Crippen LogP contribution in [0.1, 0.15) is 22.3 Å². The van der Waals surface area contributed by atoms with Crippen molar-refractivity contribution in [3.05, 3.63) is 34.4 Å². The first-order valence-corrected chi connectivity index (χ1v) is 5.95. The highest BCUT2D eigenvalue weighted by molar-refractivity contribution is 5.45. The first kappa shape index (κ1) is 11.6. The molecule has 0 aromatic heterocycles. The van der Waals surface area contributed by atoms with Crippen molar-refractivity contribution in [3.63, 3.8) is 0 Å². The van der Waals surface area contributed by atoms with Gasteiger partial charge in [-0.25, -0.2) is 0 Å². The molecule has 0 atom stereocenters. The molecule has 2 heteroatoms. The van der Waals surface area contributed by atoms with E-state index in [0.29, 0.717) is 0 Å². The lowest BCUT2D eigenvalue weighted by Crippen LogP contribution is -2.61. The number of hydrogen-bond donors (Lipinski definition) is 1. The van der Waals surface area contributed by atoms with E-state index in [-0.39, 0.29) is 5.41 Å². The zero-order valence-corrected chi connectivity index (χ0v) is 10.8. The van der Waals surface area contributed by atoms with Gasteiger partial charge in [0.05, 0.1) is 0 Å². The van der Waals surface area contributed by atoms with E-state index in [1.54, 1.807) is 0 Å². The number of hydrogen-bond acceptors (Lipinski definition) is 2. The van der Waals surface area contributed by atoms with Crippen LogP contribution >= 0.6 is 0 Å². The van der Waals surface area contributed by atoms with E-state index in [1.165, 1.54) is 22.3 Å². The second-order valence-electron chi connectivity index (χ2n) is 5.43. The van der Waals surface area contributed by atoms with E-state index in [4.69, 9.17) is 5.73 Å². The van der Waals surface area contributed by atoms with Gasteiger partial charge in [0.1, 0.15) is 0 Å². The molecule has 1 aliphatic rings. The summed E-state index contributed by atoms with van der Waals surface area (Å²) in [6.07, 6.45) is 0. The molecule has 0 amide bonds. The Labute approximate surface area is 98.4 Å². The Morgan fingerprint density at radius 3 is 2.06 bits per heavy atom. The summed E-state index contributed by atoms with van der Waals surface area (Å²) < 4.78 is 0. The predicted octanol–water partition coefficient (Wildman–Crippen LogP) is 1.75. The van der Waals surface area contributed by atoms with Crippen LogP contribution in [0.25, 0.3) is 0 Å². The van der Waals surface area contributed by atoms with Gasteiger partial charge >= 0.3 is 0 Å². The van der Waals surface area contributed by atoms with Gasteiger partial charge in [-0.2, -0.15) is 0 Å². The molecule has 0 spiro atoms. The van der Waals surface area contributed by atoms with Crippen molar-refractivity contribution in [1.82, 2.24) is 4.90 Å². The number of nitrogens with two attached hydrogens (primary N) is 1. The van der Waals surface area contributed by atoms with Gasteiger partial charge in [-0.15, -0.1) is 0 Å². The molecule has 0 unspecified atom stereocenters. The fourth-order valence-corrected chi connectivity index (χ4v) is 3.39. The number of rotatable bonds is 2. The zero-order valence-electron chi connectivity index (χ0n) is 10.8. The first-order valence-electron chi connectivity index (χ1n) is 5.95. The van der Waals surface area contributed by atoms with Crippen LogP contribution in [0, 0.1) is 20.8 Å². The minimum absolute atomic E-state index is 0.205. The normalized spacial score (nSPS) is 19.6. The Bertz CT molecular complexity index is 380. The van der Waals surface area contributed by atoms with E-state index in [1.807, 2.05) is 0 Å². The molecule has 1 saturated heterocycles. The third-order valence-corrected chi connectivity index (χ3v) is 3.74. The third kappa shape index (κ3) is 1.66. The first-order chi connectivity index (χ1) is 7.48. The lowest BCUT2D eigenvalue weighted by atomic mass is 9.70. The second kappa shape index (κ2) is 3.86. The molecule has 1 aliphatic heterocycles. The summed E-state index contributed by atoms with van der Waals surface area (Å²) in [5, 5.41) is 0. The fourth-order valence-electron chi connectivity index (χ4n) is 3.39. The predicted molar refractivity (Wildman–Crippen MR) is 68.9 cm³/mol. The van der Waals surface area contributed by atoms with Gasteiger partial charge < -0.3 is 10.6 Å². The SMILES string of the molecule is Cc1cc(C)c(C2(CN)CN(C)C2)c(C)c1. The van der Waals surface area contributed by atoms with E-state index in [9.17, 15) is 0 Å². The molecule has 2 nitrogen and oxygen atoms in total. The molecule has 2 N–H and O–H groups in total. The quantitative estimate of drug-likeness (QED) is 0.819. The number of likely N-dealkylation sites (tertiary alicyclic amines) is 1. The summed E-state index contributed by atoms with van der Waals surface area (Å²) in [6, 6.07) is 4.55. The van der Waals surface area contributed by atoms with Crippen LogP contribution in [0.3, 0.4) is 0 Å². The zero-order chi connectivity index (χ0) is 11.9. The minimum atomic E-state index is 0.205. The molecular formula is C14H22N2. The number of aryl methyl sites for hydroxylation is 3. The molecule has 0 aliphatic carbocycles. The van der Waals surface area contributed by atoms with Crippen molar-refractivity contribution in [2.24, 2.45) is 5.73 Å². The maximum Gasteiger partial charge on any atom is 0.0334 e. The van der Waals surface area contributed by atoms with E-state index in [2.05, 4.69) is 44.9 Å². The molecule has 88 valence electrons. The van der Waals surface area contributed by atoms with Gasteiger partial charge in [-0.3, -0.25) is 0 Å². The number of nitrogens with zero attached hydrogens (tertiary/aromatic N) is 1. The standard InChI is InChI=1S/C14H22N2/c1-10-5-11(2)13(12(3)6-10)14(7-15)8-16(4)9-14/h5-6H,7-9,15H2,1-4H3. The topological polar surface area (TPSA) is 29.3 Å². The Morgan fingerprint density at radius 1 is 1.19 bits per heavy atom. The van der Waals surface area contributed by atoms with Crippen LogP contribution in [0.15, 0.2) is 12.1 Å². The minimum Gasteiger partial charge on any atom is -0.329 e. The van der Waals surface area contributed by atoms with Gasteiger partial charge in [0.2, 0.25) is 0 Å². The Hall–Kier alpha value is -0.860. The van der Waals surface area contributed by atoms with Crippen molar-refractivity contribution >= 4 is 0 Å². The molecular weight excluding hydrogens is 196 g/mol.